The third kappa shape index (κ3) is 4.99. The Kier molecular flexibility index (Phi) is 5.67. The molecule has 0 aromatic carbocycles. The quantitative estimate of drug-likeness (QED) is 0.671. The minimum absolute atomic E-state index is 0.0871. The van der Waals surface area contributed by atoms with Gasteiger partial charge in [-0.25, -0.2) is 4.98 Å². The summed E-state index contributed by atoms with van der Waals surface area (Å²) >= 11 is 1.37. The van der Waals surface area contributed by atoms with Gasteiger partial charge in [-0.3, -0.25) is 19.8 Å². The van der Waals surface area contributed by atoms with Crippen molar-refractivity contribution in [3.05, 3.63) is 59.1 Å². The molecular weight excluding hydrogens is 362 g/mol. The lowest BCUT2D eigenvalue weighted by Gasteiger charge is -2.25. The molecule has 0 aliphatic rings. The van der Waals surface area contributed by atoms with E-state index in [0.29, 0.717) is 17.4 Å². The van der Waals surface area contributed by atoms with Crippen LogP contribution < -0.4 is 5.32 Å². The summed E-state index contributed by atoms with van der Waals surface area (Å²) in [5.74, 6) is -0.285. The molecule has 142 valence electrons. The van der Waals surface area contributed by atoms with Crippen molar-refractivity contribution in [1.82, 2.24) is 19.7 Å². The molecule has 8 heteroatoms. The number of rotatable bonds is 7. The van der Waals surface area contributed by atoms with Crippen LogP contribution in [0.25, 0.3) is 0 Å². The zero-order valence-corrected chi connectivity index (χ0v) is 16.7. The average Bonchev–Trinajstić information content (AvgIpc) is 3.24. The number of anilines is 1. The van der Waals surface area contributed by atoms with Crippen molar-refractivity contribution in [1.29, 1.82) is 0 Å². The highest BCUT2D eigenvalue weighted by Gasteiger charge is 2.26. The molecular formula is C19H23N5O2S. The number of carbonyl (C=O) groups is 1. The molecule has 3 rings (SSSR count). The molecule has 0 bridgehead atoms. The van der Waals surface area contributed by atoms with Crippen molar-refractivity contribution in [3.8, 4) is 0 Å². The van der Waals surface area contributed by atoms with Gasteiger partial charge >= 0.3 is 0 Å². The van der Waals surface area contributed by atoms with E-state index in [2.05, 4.69) is 20.4 Å². The Hall–Kier alpha value is -2.58. The SMILES string of the molecule is CC(C)OC(C)(C)c1csc(NC(=O)c2ccn(Cc3ccncc3)n2)n1. The van der Waals surface area contributed by atoms with E-state index in [9.17, 15) is 4.79 Å². The largest absolute Gasteiger partial charge is 0.367 e. The van der Waals surface area contributed by atoms with E-state index >= 15 is 0 Å². The van der Waals surface area contributed by atoms with Gasteiger partial charge in [0.05, 0.1) is 18.3 Å². The second kappa shape index (κ2) is 7.98. The number of nitrogens with one attached hydrogen (secondary N) is 1. The van der Waals surface area contributed by atoms with Gasteiger partial charge in [-0.1, -0.05) is 0 Å². The van der Waals surface area contributed by atoms with E-state index in [1.807, 2.05) is 45.2 Å². The van der Waals surface area contributed by atoms with E-state index in [-0.39, 0.29) is 12.0 Å². The number of ether oxygens (including phenoxy) is 1. The number of nitrogens with zero attached hydrogens (tertiary/aromatic N) is 4. The molecule has 0 unspecified atom stereocenters. The highest BCUT2D eigenvalue weighted by molar-refractivity contribution is 7.14. The number of amides is 1. The van der Waals surface area contributed by atoms with Gasteiger partial charge < -0.3 is 4.74 Å². The fraction of sp³-hybridized carbons (Fsp3) is 0.368. The maximum atomic E-state index is 12.5. The average molecular weight is 385 g/mol. The molecule has 0 fully saturated rings. The Labute approximate surface area is 162 Å². The second-order valence-electron chi connectivity index (χ2n) is 6.92. The van der Waals surface area contributed by atoms with Gasteiger partial charge in [0, 0.05) is 24.0 Å². The third-order valence-electron chi connectivity index (χ3n) is 3.84. The first-order valence-electron chi connectivity index (χ1n) is 8.71. The number of pyridine rings is 1. The summed E-state index contributed by atoms with van der Waals surface area (Å²) < 4.78 is 7.62. The maximum absolute atomic E-state index is 12.5. The summed E-state index contributed by atoms with van der Waals surface area (Å²) in [6, 6.07) is 5.52. The molecule has 0 atom stereocenters. The third-order valence-corrected chi connectivity index (χ3v) is 4.60. The molecule has 1 N–H and O–H groups in total. The van der Waals surface area contributed by atoms with E-state index in [1.165, 1.54) is 11.3 Å². The minimum Gasteiger partial charge on any atom is -0.367 e. The maximum Gasteiger partial charge on any atom is 0.277 e. The highest BCUT2D eigenvalue weighted by Crippen LogP contribution is 2.29. The van der Waals surface area contributed by atoms with Crippen LogP contribution >= 0.6 is 11.3 Å². The molecule has 7 nitrogen and oxygen atoms in total. The summed E-state index contributed by atoms with van der Waals surface area (Å²) in [7, 11) is 0. The zero-order valence-electron chi connectivity index (χ0n) is 15.8. The summed E-state index contributed by atoms with van der Waals surface area (Å²) in [5.41, 5.74) is 1.69. The number of hydrogen-bond donors (Lipinski definition) is 1. The van der Waals surface area contributed by atoms with Crippen molar-refractivity contribution < 1.29 is 9.53 Å². The first kappa shape index (κ1) is 19.2. The fourth-order valence-corrected chi connectivity index (χ4v) is 3.53. The van der Waals surface area contributed by atoms with Crippen LogP contribution in [0.4, 0.5) is 5.13 Å². The number of hydrogen-bond acceptors (Lipinski definition) is 6. The Morgan fingerprint density at radius 2 is 2.04 bits per heavy atom. The lowest BCUT2D eigenvalue weighted by Crippen LogP contribution is -2.26. The summed E-state index contributed by atoms with van der Waals surface area (Å²) in [4.78, 5) is 20.9. The molecule has 0 aliphatic heterocycles. The fourth-order valence-electron chi connectivity index (χ4n) is 2.66. The first-order chi connectivity index (χ1) is 12.8. The molecule has 0 saturated heterocycles. The number of thiazole rings is 1. The Morgan fingerprint density at radius 1 is 1.30 bits per heavy atom. The molecule has 3 aromatic heterocycles. The zero-order chi connectivity index (χ0) is 19.4. The predicted molar refractivity (Wildman–Crippen MR) is 105 cm³/mol. The molecule has 0 aliphatic carbocycles. The molecule has 1 amide bonds. The second-order valence-corrected chi connectivity index (χ2v) is 7.78. The molecule has 27 heavy (non-hydrogen) atoms. The van der Waals surface area contributed by atoms with Crippen LogP contribution in [0, 0.1) is 0 Å². The first-order valence-corrected chi connectivity index (χ1v) is 9.59. The van der Waals surface area contributed by atoms with Gasteiger partial charge in [0.25, 0.3) is 5.91 Å². The van der Waals surface area contributed by atoms with Crippen LogP contribution in [0.1, 0.15) is 49.4 Å². The molecule has 3 heterocycles. The van der Waals surface area contributed by atoms with Crippen LogP contribution in [-0.4, -0.2) is 31.8 Å². The molecule has 0 saturated carbocycles. The topological polar surface area (TPSA) is 81.9 Å². The van der Waals surface area contributed by atoms with Gasteiger partial charge in [0.2, 0.25) is 0 Å². The lowest BCUT2D eigenvalue weighted by atomic mass is 10.1. The van der Waals surface area contributed by atoms with E-state index in [4.69, 9.17) is 4.74 Å². The summed E-state index contributed by atoms with van der Waals surface area (Å²) in [6.07, 6.45) is 5.33. The number of carbonyl (C=O) groups excluding carboxylic acids is 1. The molecule has 3 aromatic rings. The van der Waals surface area contributed by atoms with E-state index in [0.717, 1.165) is 11.3 Å². The lowest BCUT2D eigenvalue weighted by molar-refractivity contribution is -0.0623. The van der Waals surface area contributed by atoms with Crippen LogP contribution in [0.5, 0.6) is 0 Å². The predicted octanol–water partition coefficient (Wildman–Crippen LogP) is 3.70. The Balaban J connectivity index is 1.64. The Morgan fingerprint density at radius 3 is 2.74 bits per heavy atom. The van der Waals surface area contributed by atoms with Crippen LogP contribution in [0.3, 0.4) is 0 Å². The van der Waals surface area contributed by atoms with Gasteiger partial charge in [0.1, 0.15) is 5.60 Å². The van der Waals surface area contributed by atoms with Crippen molar-refractivity contribution in [2.24, 2.45) is 0 Å². The smallest absolute Gasteiger partial charge is 0.277 e. The van der Waals surface area contributed by atoms with Crippen LogP contribution in [-0.2, 0) is 16.9 Å². The minimum atomic E-state index is -0.514. The van der Waals surface area contributed by atoms with Crippen LogP contribution in [0.15, 0.2) is 42.2 Å². The normalized spacial score (nSPS) is 11.7. The van der Waals surface area contributed by atoms with Crippen molar-refractivity contribution in [3.63, 3.8) is 0 Å². The molecule has 0 spiro atoms. The van der Waals surface area contributed by atoms with Gasteiger partial charge in [-0.05, 0) is 51.5 Å². The molecule has 0 radical (unpaired) electrons. The van der Waals surface area contributed by atoms with Crippen molar-refractivity contribution in [2.45, 2.75) is 45.9 Å². The van der Waals surface area contributed by atoms with Gasteiger partial charge in [0.15, 0.2) is 10.8 Å². The van der Waals surface area contributed by atoms with Crippen molar-refractivity contribution >= 4 is 22.4 Å². The van der Waals surface area contributed by atoms with Gasteiger partial charge in [-0.2, -0.15) is 5.10 Å². The summed E-state index contributed by atoms with van der Waals surface area (Å²) in [5, 5.41) is 9.57. The van der Waals surface area contributed by atoms with Crippen LogP contribution in [0.2, 0.25) is 0 Å². The monoisotopic (exact) mass is 385 g/mol. The van der Waals surface area contributed by atoms with E-state index in [1.54, 1.807) is 29.3 Å². The van der Waals surface area contributed by atoms with Crippen molar-refractivity contribution in [2.75, 3.05) is 5.32 Å². The highest BCUT2D eigenvalue weighted by atomic mass is 32.1. The standard InChI is InChI=1S/C19H23N5O2S/c1-13(2)26-19(3,4)16-12-27-18(21-16)22-17(25)15-7-10-24(23-15)11-14-5-8-20-9-6-14/h5-10,12-13H,11H2,1-4H3,(H,21,22,25). The Bertz CT molecular complexity index is 902. The summed E-state index contributed by atoms with van der Waals surface area (Å²) in [6.45, 7) is 8.49. The number of aromatic nitrogens is 4. The van der Waals surface area contributed by atoms with E-state index < -0.39 is 5.60 Å². The van der Waals surface area contributed by atoms with Gasteiger partial charge in [-0.15, -0.1) is 11.3 Å².